The summed E-state index contributed by atoms with van der Waals surface area (Å²) in [6, 6.07) is 0.569. The van der Waals surface area contributed by atoms with Gasteiger partial charge in [-0.1, -0.05) is 28.9 Å². The van der Waals surface area contributed by atoms with E-state index in [1.807, 2.05) is 12.2 Å². The third-order valence-corrected chi connectivity index (χ3v) is 5.73. The molecule has 0 fully saturated rings. The molecule has 0 spiro atoms. The summed E-state index contributed by atoms with van der Waals surface area (Å²) in [6.45, 7) is 9.43. The molecule has 1 atom stereocenters. The fraction of sp³-hybridized carbons (Fsp3) is 0.387. The number of allylic oxidation sites excluding steroid dienone is 1. The predicted molar refractivity (Wildman–Crippen MR) is 173 cm³/mol. The Morgan fingerprint density at radius 3 is 1.53 bits per heavy atom. The van der Waals surface area contributed by atoms with Crippen molar-refractivity contribution in [3.8, 4) is 0 Å². The molecule has 16 heteroatoms. The minimum atomic E-state index is -1.20. The number of nitrogens with zero attached hydrogens (tertiary/aromatic N) is 4. The number of carboxylic acids is 1. The molecular formula is C31H44N6O10. The molecule has 258 valence electrons. The van der Waals surface area contributed by atoms with Gasteiger partial charge in [0.05, 0.1) is 32.1 Å². The SMILES string of the molecule is C.C.C.C=C1C=CC(=O)N1CCOCCN1C(=O)C=CC1=O.CC1=NCC(C)N1.O=C(O)CN1C(=O)C=CC1=O.O=C1C=CC(=O)N1. The molecule has 0 aromatic heterocycles. The first-order valence-corrected chi connectivity index (χ1v) is 13.1. The van der Waals surface area contributed by atoms with Crippen LogP contribution in [0.2, 0.25) is 0 Å². The van der Waals surface area contributed by atoms with E-state index in [4.69, 9.17) is 9.84 Å². The largest absolute Gasteiger partial charge is 0.480 e. The van der Waals surface area contributed by atoms with Crippen molar-refractivity contribution in [2.24, 2.45) is 4.99 Å². The lowest BCUT2D eigenvalue weighted by Crippen LogP contribution is -2.34. The molecule has 0 aromatic carbocycles. The molecule has 5 rings (SSSR count). The van der Waals surface area contributed by atoms with E-state index in [2.05, 4.69) is 23.8 Å². The average molecular weight is 661 g/mol. The summed E-state index contributed by atoms with van der Waals surface area (Å²) in [5, 5.41) is 13.4. The Labute approximate surface area is 274 Å². The number of amides is 7. The van der Waals surface area contributed by atoms with Gasteiger partial charge in [-0.25, -0.2) is 0 Å². The molecule has 0 aromatic rings. The molecule has 5 heterocycles. The van der Waals surface area contributed by atoms with E-state index < -0.39 is 24.3 Å². The molecule has 16 nitrogen and oxygen atoms in total. The van der Waals surface area contributed by atoms with Crippen LogP contribution in [-0.4, -0.2) is 118 Å². The highest BCUT2D eigenvalue weighted by molar-refractivity contribution is 6.14. The average Bonchev–Trinajstić information content (AvgIpc) is 3.77. The number of ether oxygens (including phenoxy) is 1. The van der Waals surface area contributed by atoms with E-state index in [0.717, 1.165) is 29.4 Å². The van der Waals surface area contributed by atoms with Crippen LogP contribution in [0, 0.1) is 0 Å². The number of aliphatic imine (C=N–C) groups is 1. The fourth-order valence-electron chi connectivity index (χ4n) is 3.61. The van der Waals surface area contributed by atoms with E-state index in [1.54, 1.807) is 6.08 Å². The van der Waals surface area contributed by atoms with Crippen LogP contribution in [0.5, 0.6) is 0 Å². The Bertz CT molecular complexity index is 1260. The van der Waals surface area contributed by atoms with Gasteiger partial charge in [0.2, 0.25) is 0 Å². The highest BCUT2D eigenvalue weighted by atomic mass is 16.5. The van der Waals surface area contributed by atoms with Crippen LogP contribution >= 0.6 is 0 Å². The van der Waals surface area contributed by atoms with Crippen molar-refractivity contribution >= 4 is 53.2 Å². The zero-order valence-electron chi connectivity index (χ0n) is 24.1. The second kappa shape index (κ2) is 21.3. The van der Waals surface area contributed by atoms with Gasteiger partial charge in [-0.05, 0) is 19.9 Å². The van der Waals surface area contributed by atoms with Crippen LogP contribution in [0.25, 0.3) is 0 Å². The number of carbonyl (C=O) groups excluding carboxylic acids is 7. The van der Waals surface area contributed by atoms with E-state index >= 15 is 0 Å². The summed E-state index contributed by atoms with van der Waals surface area (Å²) < 4.78 is 5.31. The molecule has 0 bridgehead atoms. The quantitative estimate of drug-likeness (QED) is 0.239. The number of imide groups is 3. The van der Waals surface area contributed by atoms with Gasteiger partial charge in [0, 0.05) is 60.8 Å². The standard InChI is InChI=1S/C13H14N2O4.C6H5NO4.C5H10N2.C4H3NO2.3CH4/c1-10-2-3-11(16)14(10)6-8-19-9-7-15-12(17)4-5-13(15)18;8-4-1-2-5(9)7(4)3-6(10)11;1-4-3-6-5(2)7-4;6-3-1-2-4(7)5-3;;;/h2-5H,1,6-9H2;1-2H,3H2,(H,10,11);4H,3H2,1-2H3,(H,6,7);1-2H,(H,5,6,7);3*1H4. The van der Waals surface area contributed by atoms with E-state index in [-0.39, 0.29) is 65.0 Å². The third-order valence-electron chi connectivity index (χ3n) is 5.73. The van der Waals surface area contributed by atoms with Crippen LogP contribution in [-0.2, 0) is 43.1 Å². The van der Waals surface area contributed by atoms with Crippen molar-refractivity contribution in [1.82, 2.24) is 25.3 Å². The third kappa shape index (κ3) is 14.9. The number of rotatable bonds is 8. The zero-order valence-corrected chi connectivity index (χ0v) is 24.1. The van der Waals surface area contributed by atoms with Gasteiger partial charge >= 0.3 is 5.97 Å². The number of aliphatic carboxylic acids is 1. The van der Waals surface area contributed by atoms with Gasteiger partial charge < -0.3 is 20.1 Å². The van der Waals surface area contributed by atoms with Gasteiger partial charge in [-0.15, -0.1) is 0 Å². The summed E-state index contributed by atoms with van der Waals surface area (Å²) in [4.78, 5) is 92.7. The van der Waals surface area contributed by atoms with Crippen LogP contribution < -0.4 is 10.6 Å². The molecule has 47 heavy (non-hydrogen) atoms. The lowest BCUT2D eigenvalue weighted by Gasteiger charge is -2.18. The fourth-order valence-corrected chi connectivity index (χ4v) is 3.61. The normalized spacial score (nSPS) is 18.2. The van der Waals surface area contributed by atoms with Crippen LogP contribution in [0.3, 0.4) is 0 Å². The second-order valence-electron chi connectivity index (χ2n) is 9.24. The Hall–Kier alpha value is -5.51. The molecule has 7 amide bonds. The second-order valence-corrected chi connectivity index (χ2v) is 9.24. The van der Waals surface area contributed by atoms with E-state index in [1.165, 1.54) is 35.3 Å². The molecular weight excluding hydrogens is 616 g/mol. The Morgan fingerprint density at radius 1 is 0.787 bits per heavy atom. The van der Waals surface area contributed by atoms with Crippen LogP contribution in [0.4, 0.5) is 0 Å². The van der Waals surface area contributed by atoms with Crippen molar-refractivity contribution in [3.63, 3.8) is 0 Å². The molecule has 5 aliphatic rings. The van der Waals surface area contributed by atoms with E-state index in [0.29, 0.717) is 29.8 Å². The predicted octanol–water partition coefficient (Wildman–Crippen LogP) is 0.340. The number of carbonyl (C=O) groups is 8. The van der Waals surface area contributed by atoms with Gasteiger partial charge in [-0.3, -0.25) is 58.5 Å². The molecule has 5 aliphatic heterocycles. The zero-order chi connectivity index (χ0) is 32.8. The first kappa shape index (κ1) is 43.6. The summed E-state index contributed by atoms with van der Waals surface area (Å²) in [7, 11) is 0. The Kier molecular flexibility index (Phi) is 19.7. The number of hydrogen-bond donors (Lipinski definition) is 3. The maximum Gasteiger partial charge on any atom is 0.323 e. The van der Waals surface area contributed by atoms with Crippen molar-refractivity contribution in [2.75, 3.05) is 39.4 Å². The smallest absolute Gasteiger partial charge is 0.323 e. The van der Waals surface area contributed by atoms with Crippen LogP contribution in [0.1, 0.15) is 36.1 Å². The summed E-state index contributed by atoms with van der Waals surface area (Å²) in [5.41, 5.74) is 0.641. The van der Waals surface area contributed by atoms with Crippen molar-refractivity contribution in [3.05, 3.63) is 60.9 Å². The van der Waals surface area contributed by atoms with Gasteiger partial charge in [-0.2, -0.15) is 0 Å². The minimum absolute atomic E-state index is 0. The molecule has 0 saturated heterocycles. The number of hydrogen-bond acceptors (Lipinski definition) is 11. The molecule has 3 N–H and O–H groups in total. The van der Waals surface area contributed by atoms with Gasteiger partial charge in [0.15, 0.2) is 0 Å². The topological polar surface area (TPSA) is 212 Å². The summed E-state index contributed by atoms with van der Waals surface area (Å²) in [5.74, 6) is -2.67. The Morgan fingerprint density at radius 2 is 1.21 bits per heavy atom. The first-order valence-electron chi connectivity index (χ1n) is 13.1. The molecule has 0 saturated carbocycles. The molecule has 0 aliphatic carbocycles. The van der Waals surface area contributed by atoms with Crippen molar-refractivity contribution in [2.45, 2.75) is 42.2 Å². The lowest BCUT2D eigenvalue weighted by atomic mass is 10.4. The molecule has 0 radical (unpaired) electrons. The van der Waals surface area contributed by atoms with Crippen molar-refractivity contribution in [1.29, 1.82) is 0 Å². The maximum absolute atomic E-state index is 11.4. The van der Waals surface area contributed by atoms with Crippen molar-refractivity contribution < 1.29 is 48.2 Å². The van der Waals surface area contributed by atoms with Gasteiger partial charge in [0.25, 0.3) is 41.4 Å². The number of carboxylic acid groups (broad SMARTS) is 1. The first-order chi connectivity index (χ1) is 20.8. The highest BCUT2D eigenvalue weighted by Gasteiger charge is 2.25. The highest BCUT2D eigenvalue weighted by Crippen LogP contribution is 2.12. The number of amidine groups is 1. The van der Waals surface area contributed by atoms with E-state index in [9.17, 15) is 38.4 Å². The monoisotopic (exact) mass is 660 g/mol. The summed E-state index contributed by atoms with van der Waals surface area (Å²) >= 11 is 0. The van der Waals surface area contributed by atoms with Gasteiger partial charge in [0.1, 0.15) is 6.54 Å². The number of nitrogens with one attached hydrogen (secondary N) is 2. The Balaban J connectivity index is 0. The summed E-state index contributed by atoms with van der Waals surface area (Å²) in [6.07, 6.45) is 10.1. The molecule has 1 unspecified atom stereocenters. The minimum Gasteiger partial charge on any atom is -0.480 e. The lowest BCUT2D eigenvalue weighted by molar-refractivity contribution is -0.147. The maximum atomic E-state index is 11.4. The van der Waals surface area contributed by atoms with Crippen LogP contribution in [0.15, 0.2) is 65.9 Å².